The lowest BCUT2D eigenvalue weighted by Gasteiger charge is -2.18. The molecule has 0 aromatic heterocycles. The second kappa shape index (κ2) is 6.44. The molecule has 0 heterocycles. The lowest BCUT2D eigenvalue weighted by molar-refractivity contribution is -0.145. The number of rotatable bonds is 5. The first kappa shape index (κ1) is 15.1. The normalized spacial score (nSPS) is 12.0. The number of aliphatic carboxylic acids is 1. The van der Waals surface area contributed by atoms with Gasteiger partial charge in [0.25, 0.3) is 0 Å². The Bertz CT molecular complexity index is 647. The minimum absolute atomic E-state index is 0.357. The maximum absolute atomic E-state index is 11.5. The van der Waals surface area contributed by atoms with Crippen molar-refractivity contribution in [3.05, 3.63) is 64.7 Å². The number of carboxylic acids is 1. The molecule has 0 amide bonds. The van der Waals surface area contributed by atoms with Crippen molar-refractivity contribution < 1.29 is 14.6 Å². The Morgan fingerprint density at radius 3 is 2.43 bits per heavy atom. The molecule has 1 atom stereocenters. The molecule has 0 fully saturated rings. The standard InChI is InChI=1S/C18H20O3/c1-12-8-9-15(14(3)10-12)11-17(18(19)20)21-16-7-5-4-6-13(16)2/h4-10,17H,11H2,1-3H3,(H,19,20)/t17-/m1/s1. The Kier molecular flexibility index (Phi) is 4.63. The third kappa shape index (κ3) is 3.85. The number of benzene rings is 2. The Morgan fingerprint density at radius 2 is 1.81 bits per heavy atom. The van der Waals surface area contributed by atoms with Crippen LogP contribution < -0.4 is 4.74 Å². The van der Waals surface area contributed by atoms with E-state index in [0.717, 1.165) is 16.7 Å². The number of aryl methyl sites for hydroxylation is 3. The van der Waals surface area contributed by atoms with Crippen LogP contribution in [0.3, 0.4) is 0 Å². The van der Waals surface area contributed by atoms with E-state index in [1.165, 1.54) is 5.56 Å². The molecule has 0 unspecified atom stereocenters. The lowest BCUT2D eigenvalue weighted by atomic mass is 10.0. The van der Waals surface area contributed by atoms with Crippen molar-refractivity contribution >= 4 is 5.97 Å². The zero-order chi connectivity index (χ0) is 15.4. The smallest absolute Gasteiger partial charge is 0.345 e. The zero-order valence-electron chi connectivity index (χ0n) is 12.6. The molecule has 0 aliphatic heterocycles. The van der Waals surface area contributed by atoms with Gasteiger partial charge in [-0.05, 0) is 43.5 Å². The van der Waals surface area contributed by atoms with Crippen molar-refractivity contribution in [3.63, 3.8) is 0 Å². The monoisotopic (exact) mass is 284 g/mol. The summed E-state index contributed by atoms with van der Waals surface area (Å²) in [5.74, 6) is -0.326. The lowest BCUT2D eigenvalue weighted by Crippen LogP contribution is -2.30. The summed E-state index contributed by atoms with van der Waals surface area (Å²) in [4.78, 5) is 11.5. The zero-order valence-corrected chi connectivity index (χ0v) is 12.6. The Hall–Kier alpha value is -2.29. The van der Waals surface area contributed by atoms with Crippen LogP contribution in [0.15, 0.2) is 42.5 Å². The van der Waals surface area contributed by atoms with E-state index in [0.29, 0.717) is 12.2 Å². The average Bonchev–Trinajstić information content (AvgIpc) is 2.42. The summed E-state index contributed by atoms with van der Waals surface area (Å²) in [7, 11) is 0. The number of carboxylic acid groups (broad SMARTS) is 1. The van der Waals surface area contributed by atoms with Crippen LogP contribution in [0.4, 0.5) is 0 Å². The first-order valence-electron chi connectivity index (χ1n) is 6.98. The van der Waals surface area contributed by atoms with Crippen molar-refractivity contribution in [2.45, 2.75) is 33.3 Å². The van der Waals surface area contributed by atoms with E-state index in [1.54, 1.807) is 6.07 Å². The van der Waals surface area contributed by atoms with Crippen LogP contribution in [-0.2, 0) is 11.2 Å². The Morgan fingerprint density at radius 1 is 1.10 bits per heavy atom. The molecule has 0 saturated heterocycles. The fraction of sp³-hybridized carbons (Fsp3) is 0.278. The van der Waals surface area contributed by atoms with Gasteiger partial charge in [0.15, 0.2) is 6.10 Å². The van der Waals surface area contributed by atoms with Crippen molar-refractivity contribution in [2.75, 3.05) is 0 Å². The van der Waals surface area contributed by atoms with Crippen molar-refractivity contribution in [1.82, 2.24) is 0 Å². The van der Waals surface area contributed by atoms with Crippen LogP contribution in [0.5, 0.6) is 5.75 Å². The van der Waals surface area contributed by atoms with E-state index in [9.17, 15) is 9.90 Å². The average molecular weight is 284 g/mol. The van der Waals surface area contributed by atoms with E-state index >= 15 is 0 Å². The molecule has 2 aromatic carbocycles. The van der Waals surface area contributed by atoms with Crippen LogP contribution in [0, 0.1) is 20.8 Å². The maximum Gasteiger partial charge on any atom is 0.345 e. The van der Waals surface area contributed by atoms with E-state index in [2.05, 4.69) is 6.07 Å². The maximum atomic E-state index is 11.5. The predicted octanol–water partition coefficient (Wildman–Crippen LogP) is 3.69. The molecule has 3 heteroatoms. The molecule has 3 nitrogen and oxygen atoms in total. The quantitative estimate of drug-likeness (QED) is 0.911. The van der Waals surface area contributed by atoms with Gasteiger partial charge < -0.3 is 9.84 Å². The van der Waals surface area contributed by atoms with Gasteiger partial charge in [-0.3, -0.25) is 0 Å². The summed E-state index contributed by atoms with van der Waals surface area (Å²) in [6.45, 7) is 5.93. The van der Waals surface area contributed by atoms with Gasteiger partial charge >= 0.3 is 5.97 Å². The molecule has 2 rings (SSSR count). The van der Waals surface area contributed by atoms with Crippen LogP contribution >= 0.6 is 0 Å². The number of ether oxygens (including phenoxy) is 1. The topological polar surface area (TPSA) is 46.5 Å². The highest BCUT2D eigenvalue weighted by Gasteiger charge is 2.21. The highest BCUT2D eigenvalue weighted by Crippen LogP contribution is 2.20. The molecular formula is C18H20O3. The van der Waals surface area contributed by atoms with Gasteiger partial charge in [-0.1, -0.05) is 42.0 Å². The summed E-state index contributed by atoms with van der Waals surface area (Å²) in [5.41, 5.74) is 4.20. The number of hydrogen-bond acceptors (Lipinski definition) is 2. The van der Waals surface area contributed by atoms with Crippen molar-refractivity contribution in [1.29, 1.82) is 0 Å². The first-order chi connectivity index (χ1) is 9.97. The third-order valence-corrected chi connectivity index (χ3v) is 3.54. The minimum Gasteiger partial charge on any atom is -0.478 e. The van der Waals surface area contributed by atoms with E-state index < -0.39 is 12.1 Å². The van der Waals surface area contributed by atoms with Crippen LogP contribution in [-0.4, -0.2) is 17.2 Å². The van der Waals surface area contributed by atoms with Gasteiger partial charge in [0, 0.05) is 6.42 Å². The number of carbonyl (C=O) groups is 1. The van der Waals surface area contributed by atoms with E-state index in [1.807, 2.05) is 51.1 Å². The highest BCUT2D eigenvalue weighted by molar-refractivity contribution is 5.73. The van der Waals surface area contributed by atoms with Gasteiger partial charge in [0.1, 0.15) is 5.75 Å². The second-order valence-electron chi connectivity index (χ2n) is 5.34. The van der Waals surface area contributed by atoms with E-state index in [4.69, 9.17) is 4.74 Å². The summed E-state index contributed by atoms with van der Waals surface area (Å²) in [6.07, 6.45) is -0.525. The molecule has 1 N–H and O–H groups in total. The van der Waals surface area contributed by atoms with Crippen molar-refractivity contribution in [2.24, 2.45) is 0 Å². The Labute approximate surface area is 125 Å². The summed E-state index contributed by atoms with van der Waals surface area (Å²) >= 11 is 0. The van der Waals surface area contributed by atoms with Gasteiger partial charge in [-0.25, -0.2) is 4.79 Å². The van der Waals surface area contributed by atoms with E-state index in [-0.39, 0.29) is 0 Å². The predicted molar refractivity (Wildman–Crippen MR) is 82.9 cm³/mol. The van der Waals surface area contributed by atoms with Crippen LogP contribution in [0.2, 0.25) is 0 Å². The van der Waals surface area contributed by atoms with Gasteiger partial charge in [-0.2, -0.15) is 0 Å². The second-order valence-corrected chi connectivity index (χ2v) is 5.34. The fourth-order valence-corrected chi connectivity index (χ4v) is 2.30. The summed E-state index contributed by atoms with van der Waals surface area (Å²) < 4.78 is 5.70. The number of para-hydroxylation sites is 1. The van der Waals surface area contributed by atoms with Gasteiger partial charge in [-0.15, -0.1) is 0 Å². The number of hydrogen-bond donors (Lipinski definition) is 1. The molecule has 0 bridgehead atoms. The molecule has 0 aliphatic carbocycles. The highest BCUT2D eigenvalue weighted by atomic mass is 16.5. The van der Waals surface area contributed by atoms with Crippen molar-refractivity contribution in [3.8, 4) is 5.75 Å². The van der Waals surface area contributed by atoms with Crippen LogP contribution in [0.25, 0.3) is 0 Å². The summed E-state index contributed by atoms with van der Waals surface area (Å²) in [5, 5.41) is 9.41. The SMILES string of the molecule is Cc1ccc(C[C@@H](Oc2ccccc2C)C(=O)O)c(C)c1. The third-order valence-electron chi connectivity index (χ3n) is 3.54. The minimum atomic E-state index is -0.946. The Balaban J connectivity index is 2.20. The molecule has 2 aromatic rings. The molecule has 21 heavy (non-hydrogen) atoms. The first-order valence-corrected chi connectivity index (χ1v) is 6.98. The molecular weight excluding hydrogens is 264 g/mol. The molecule has 0 radical (unpaired) electrons. The van der Waals surface area contributed by atoms with Gasteiger partial charge in [0.2, 0.25) is 0 Å². The fourth-order valence-electron chi connectivity index (χ4n) is 2.30. The molecule has 0 spiro atoms. The summed E-state index contributed by atoms with van der Waals surface area (Å²) in [6, 6.07) is 13.5. The van der Waals surface area contributed by atoms with Crippen LogP contribution in [0.1, 0.15) is 22.3 Å². The molecule has 0 saturated carbocycles. The van der Waals surface area contributed by atoms with Gasteiger partial charge in [0.05, 0.1) is 0 Å². The molecule has 110 valence electrons. The molecule has 0 aliphatic rings. The largest absolute Gasteiger partial charge is 0.478 e.